The van der Waals surface area contributed by atoms with Gasteiger partial charge in [-0.15, -0.1) is 0 Å². The second-order valence-electron chi connectivity index (χ2n) is 5.26. The Labute approximate surface area is 118 Å². The molecule has 1 aliphatic heterocycles. The van der Waals surface area contributed by atoms with Gasteiger partial charge >= 0.3 is 0 Å². The standard InChI is InChI=1S/C15H18ClN3/c1-10(2)15-11-9-17-8-7-13(11)19(18-15)14-6-4-3-5-12(14)16/h3-6,10,17H,7-9H2,1-2H3. The fourth-order valence-electron chi connectivity index (χ4n) is 2.66. The predicted molar refractivity (Wildman–Crippen MR) is 78.1 cm³/mol. The molecule has 0 amide bonds. The van der Waals surface area contributed by atoms with Gasteiger partial charge in [0.2, 0.25) is 0 Å². The number of hydrogen-bond acceptors (Lipinski definition) is 2. The molecule has 3 nitrogen and oxygen atoms in total. The summed E-state index contributed by atoms with van der Waals surface area (Å²) in [5.74, 6) is 0.428. The van der Waals surface area contributed by atoms with Gasteiger partial charge in [-0.1, -0.05) is 37.6 Å². The summed E-state index contributed by atoms with van der Waals surface area (Å²) >= 11 is 6.31. The molecule has 0 aliphatic carbocycles. The van der Waals surface area contributed by atoms with Gasteiger partial charge in [0, 0.05) is 25.1 Å². The van der Waals surface area contributed by atoms with Crippen molar-refractivity contribution in [2.24, 2.45) is 0 Å². The molecule has 1 aromatic carbocycles. The minimum atomic E-state index is 0.428. The number of nitrogens with one attached hydrogen (secondary N) is 1. The van der Waals surface area contributed by atoms with E-state index in [0.29, 0.717) is 5.92 Å². The molecule has 0 unspecified atom stereocenters. The number of halogens is 1. The number of aromatic nitrogens is 2. The Morgan fingerprint density at radius 2 is 2.11 bits per heavy atom. The summed E-state index contributed by atoms with van der Waals surface area (Å²) in [4.78, 5) is 0. The Balaban J connectivity index is 2.19. The van der Waals surface area contributed by atoms with E-state index in [2.05, 4.69) is 19.2 Å². The lowest BCUT2D eigenvalue weighted by Gasteiger charge is -2.16. The van der Waals surface area contributed by atoms with Gasteiger partial charge in [-0.3, -0.25) is 0 Å². The molecule has 100 valence electrons. The first kappa shape index (κ1) is 12.7. The van der Waals surface area contributed by atoms with Crippen LogP contribution in [0.2, 0.25) is 5.02 Å². The molecule has 0 spiro atoms. The van der Waals surface area contributed by atoms with E-state index in [1.54, 1.807) is 0 Å². The molecule has 3 rings (SSSR count). The van der Waals surface area contributed by atoms with Crippen molar-refractivity contribution in [3.63, 3.8) is 0 Å². The minimum Gasteiger partial charge on any atom is -0.312 e. The van der Waals surface area contributed by atoms with Crippen LogP contribution in [0.1, 0.15) is 36.7 Å². The van der Waals surface area contributed by atoms with Gasteiger partial charge in [0.05, 0.1) is 22.1 Å². The van der Waals surface area contributed by atoms with E-state index in [4.69, 9.17) is 16.7 Å². The maximum absolute atomic E-state index is 6.31. The summed E-state index contributed by atoms with van der Waals surface area (Å²) < 4.78 is 2.04. The summed E-state index contributed by atoms with van der Waals surface area (Å²) in [6, 6.07) is 7.90. The molecule has 0 atom stereocenters. The van der Waals surface area contributed by atoms with Crippen molar-refractivity contribution >= 4 is 11.6 Å². The van der Waals surface area contributed by atoms with Gasteiger partial charge in [-0.2, -0.15) is 5.10 Å². The van der Waals surface area contributed by atoms with Crippen LogP contribution in [0.5, 0.6) is 0 Å². The van der Waals surface area contributed by atoms with E-state index in [9.17, 15) is 0 Å². The van der Waals surface area contributed by atoms with Crippen molar-refractivity contribution in [1.29, 1.82) is 0 Å². The van der Waals surface area contributed by atoms with Crippen molar-refractivity contribution in [2.75, 3.05) is 6.54 Å². The van der Waals surface area contributed by atoms with Gasteiger partial charge in [0.15, 0.2) is 0 Å². The van der Waals surface area contributed by atoms with Crippen molar-refractivity contribution in [3.05, 3.63) is 46.2 Å². The predicted octanol–water partition coefficient (Wildman–Crippen LogP) is 3.29. The van der Waals surface area contributed by atoms with E-state index < -0.39 is 0 Å². The molecule has 0 saturated carbocycles. The molecule has 1 aliphatic rings. The Bertz CT molecular complexity index is 601. The lowest BCUT2D eigenvalue weighted by atomic mass is 10.0. The SMILES string of the molecule is CC(C)c1nn(-c2ccccc2Cl)c2c1CNCC2. The highest BCUT2D eigenvalue weighted by molar-refractivity contribution is 6.32. The zero-order chi connectivity index (χ0) is 13.4. The Morgan fingerprint density at radius 3 is 2.84 bits per heavy atom. The first-order valence-electron chi connectivity index (χ1n) is 6.74. The smallest absolute Gasteiger partial charge is 0.0835 e. The maximum Gasteiger partial charge on any atom is 0.0835 e. The van der Waals surface area contributed by atoms with Crippen LogP contribution in [0.4, 0.5) is 0 Å². The van der Waals surface area contributed by atoms with E-state index >= 15 is 0 Å². The van der Waals surface area contributed by atoms with Crippen molar-refractivity contribution in [3.8, 4) is 5.69 Å². The van der Waals surface area contributed by atoms with Crippen LogP contribution in [0.15, 0.2) is 24.3 Å². The van der Waals surface area contributed by atoms with Crippen LogP contribution in [-0.2, 0) is 13.0 Å². The molecule has 19 heavy (non-hydrogen) atoms. The van der Waals surface area contributed by atoms with Crippen LogP contribution in [0, 0.1) is 0 Å². The minimum absolute atomic E-state index is 0.428. The van der Waals surface area contributed by atoms with Crippen LogP contribution < -0.4 is 5.32 Å². The van der Waals surface area contributed by atoms with Crippen molar-refractivity contribution in [1.82, 2.24) is 15.1 Å². The zero-order valence-electron chi connectivity index (χ0n) is 11.3. The number of fused-ring (bicyclic) bond motifs is 1. The van der Waals surface area contributed by atoms with Gasteiger partial charge in [-0.25, -0.2) is 4.68 Å². The number of para-hydroxylation sites is 1. The van der Waals surface area contributed by atoms with E-state index in [1.165, 1.54) is 17.0 Å². The lowest BCUT2D eigenvalue weighted by molar-refractivity contribution is 0.620. The Kier molecular flexibility index (Phi) is 3.33. The molecule has 2 heterocycles. The van der Waals surface area contributed by atoms with Gasteiger partial charge in [0.25, 0.3) is 0 Å². The molecular formula is C15H18ClN3. The highest BCUT2D eigenvalue weighted by atomic mass is 35.5. The highest BCUT2D eigenvalue weighted by Gasteiger charge is 2.23. The van der Waals surface area contributed by atoms with Crippen LogP contribution in [0.3, 0.4) is 0 Å². The van der Waals surface area contributed by atoms with E-state index in [0.717, 1.165) is 30.2 Å². The molecule has 0 saturated heterocycles. The fraction of sp³-hybridized carbons (Fsp3) is 0.400. The van der Waals surface area contributed by atoms with Crippen LogP contribution in [0.25, 0.3) is 5.69 Å². The maximum atomic E-state index is 6.31. The van der Waals surface area contributed by atoms with Crippen molar-refractivity contribution < 1.29 is 0 Å². The molecule has 1 N–H and O–H groups in total. The number of nitrogens with zero attached hydrogens (tertiary/aromatic N) is 2. The van der Waals surface area contributed by atoms with Crippen LogP contribution >= 0.6 is 11.6 Å². The van der Waals surface area contributed by atoms with Gasteiger partial charge < -0.3 is 5.32 Å². The number of benzene rings is 1. The molecule has 0 bridgehead atoms. The fourth-order valence-corrected chi connectivity index (χ4v) is 2.88. The second-order valence-corrected chi connectivity index (χ2v) is 5.66. The monoisotopic (exact) mass is 275 g/mol. The van der Waals surface area contributed by atoms with E-state index in [-0.39, 0.29) is 0 Å². The first-order valence-corrected chi connectivity index (χ1v) is 7.12. The molecule has 1 aromatic heterocycles. The molecule has 0 fully saturated rings. The summed E-state index contributed by atoms with van der Waals surface area (Å²) in [6.07, 6.45) is 1.00. The summed E-state index contributed by atoms with van der Waals surface area (Å²) in [5, 5.41) is 9.00. The summed E-state index contributed by atoms with van der Waals surface area (Å²) in [7, 11) is 0. The van der Waals surface area contributed by atoms with Gasteiger partial charge in [0.1, 0.15) is 0 Å². The second kappa shape index (κ2) is 4.99. The van der Waals surface area contributed by atoms with Crippen molar-refractivity contribution in [2.45, 2.75) is 32.7 Å². The third kappa shape index (κ3) is 2.17. The summed E-state index contributed by atoms with van der Waals surface area (Å²) in [5.41, 5.74) is 4.81. The molecule has 2 aromatic rings. The summed E-state index contributed by atoms with van der Waals surface area (Å²) in [6.45, 7) is 6.29. The largest absolute Gasteiger partial charge is 0.312 e. The van der Waals surface area contributed by atoms with Crippen LogP contribution in [-0.4, -0.2) is 16.3 Å². The third-order valence-corrected chi connectivity index (χ3v) is 3.91. The number of hydrogen-bond donors (Lipinski definition) is 1. The molecule has 4 heteroatoms. The van der Waals surface area contributed by atoms with Gasteiger partial charge in [-0.05, 0) is 18.1 Å². The Morgan fingerprint density at radius 1 is 1.32 bits per heavy atom. The quantitative estimate of drug-likeness (QED) is 0.911. The third-order valence-electron chi connectivity index (χ3n) is 3.59. The number of rotatable bonds is 2. The average Bonchev–Trinajstić information content (AvgIpc) is 2.79. The van der Waals surface area contributed by atoms with E-state index in [1.807, 2.05) is 28.9 Å². The molecule has 0 radical (unpaired) electrons. The topological polar surface area (TPSA) is 29.9 Å². The zero-order valence-corrected chi connectivity index (χ0v) is 12.0. The highest BCUT2D eigenvalue weighted by Crippen LogP contribution is 2.29. The normalized spacial score (nSPS) is 14.7. The Hall–Kier alpha value is -1.32. The average molecular weight is 276 g/mol. The first-order chi connectivity index (χ1) is 9.18. The lowest BCUT2D eigenvalue weighted by Crippen LogP contribution is -2.25. The molecular weight excluding hydrogens is 258 g/mol.